The average molecular weight is 420 g/mol. The summed E-state index contributed by atoms with van der Waals surface area (Å²) in [5, 5.41) is 2.95. The molecule has 2 saturated heterocycles. The molecule has 6 nitrogen and oxygen atoms in total. The summed E-state index contributed by atoms with van der Waals surface area (Å²) in [6.07, 6.45) is 2.60. The van der Waals surface area contributed by atoms with Crippen LogP contribution in [0.5, 0.6) is 0 Å². The summed E-state index contributed by atoms with van der Waals surface area (Å²) >= 11 is 0. The molecule has 6 heteroatoms. The molecular weight excluding hydrogens is 390 g/mol. The number of anilines is 3. The molecule has 0 aliphatic carbocycles. The van der Waals surface area contributed by atoms with E-state index in [0.717, 1.165) is 29.8 Å². The zero-order valence-corrected chi connectivity index (χ0v) is 18.1. The fourth-order valence-corrected chi connectivity index (χ4v) is 4.40. The maximum Gasteiger partial charge on any atom is 0.229 e. The highest BCUT2D eigenvalue weighted by Crippen LogP contribution is 2.34. The number of para-hydroxylation sites is 1. The van der Waals surface area contributed by atoms with Gasteiger partial charge < -0.3 is 15.1 Å². The average Bonchev–Trinajstić information content (AvgIpc) is 3.39. The number of hydrogen-bond acceptors (Lipinski definition) is 3. The maximum absolute atomic E-state index is 12.9. The third-order valence-corrected chi connectivity index (χ3v) is 6.37. The van der Waals surface area contributed by atoms with E-state index in [4.69, 9.17) is 0 Å². The monoisotopic (exact) mass is 419 g/mol. The number of carbonyl (C=O) groups excluding carboxylic acids is 3. The van der Waals surface area contributed by atoms with Crippen molar-refractivity contribution in [3.63, 3.8) is 0 Å². The fourth-order valence-electron chi connectivity index (χ4n) is 4.40. The number of carbonyl (C=O) groups is 3. The quantitative estimate of drug-likeness (QED) is 0.758. The molecule has 2 fully saturated rings. The predicted octanol–water partition coefficient (Wildman–Crippen LogP) is 4.32. The van der Waals surface area contributed by atoms with Crippen molar-refractivity contribution >= 4 is 34.8 Å². The largest absolute Gasteiger partial charge is 0.326 e. The number of hydrogen-bond donors (Lipinski definition) is 1. The second-order valence-electron chi connectivity index (χ2n) is 8.46. The van der Waals surface area contributed by atoms with Crippen LogP contribution < -0.4 is 15.1 Å². The first-order valence-corrected chi connectivity index (χ1v) is 11.1. The Bertz CT molecular complexity index is 1000. The van der Waals surface area contributed by atoms with Gasteiger partial charge in [0.1, 0.15) is 0 Å². The van der Waals surface area contributed by atoms with Gasteiger partial charge in [-0.05, 0) is 48.6 Å². The summed E-state index contributed by atoms with van der Waals surface area (Å²) in [5.41, 5.74) is 3.49. The van der Waals surface area contributed by atoms with Gasteiger partial charge in [0.25, 0.3) is 0 Å². The molecule has 0 bridgehead atoms. The lowest BCUT2D eigenvalue weighted by Crippen LogP contribution is -2.29. The van der Waals surface area contributed by atoms with Crippen LogP contribution in [0.15, 0.2) is 48.5 Å². The SMILES string of the molecule is CCC(C)c1ccccc1N1CC(C(=O)Nc2cccc(N3CCCC3=O)c2)CC1=O. The Kier molecular flexibility index (Phi) is 6.07. The van der Waals surface area contributed by atoms with Gasteiger partial charge in [0.2, 0.25) is 17.7 Å². The number of amides is 3. The van der Waals surface area contributed by atoms with Gasteiger partial charge in [-0.15, -0.1) is 0 Å². The van der Waals surface area contributed by atoms with E-state index in [0.29, 0.717) is 31.1 Å². The van der Waals surface area contributed by atoms with E-state index < -0.39 is 5.92 Å². The third kappa shape index (κ3) is 4.33. The molecule has 2 atom stereocenters. The van der Waals surface area contributed by atoms with Crippen molar-refractivity contribution in [1.29, 1.82) is 0 Å². The summed E-state index contributed by atoms with van der Waals surface area (Å²) in [4.78, 5) is 41.2. The number of nitrogens with zero attached hydrogens (tertiary/aromatic N) is 2. The van der Waals surface area contributed by atoms with Crippen LogP contribution in [0.4, 0.5) is 17.1 Å². The van der Waals surface area contributed by atoms with Crippen molar-refractivity contribution in [1.82, 2.24) is 0 Å². The van der Waals surface area contributed by atoms with Crippen molar-refractivity contribution in [3.05, 3.63) is 54.1 Å². The first-order valence-electron chi connectivity index (χ1n) is 11.1. The Morgan fingerprint density at radius 1 is 1.10 bits per heavy atom. The first kappa shape index (κ1) is 21.1. The van der Waals surface area contributed by atoms with E-state index in [9.17, 15) is 14.4 Å². The Morgan fingerprint density at radius 2 is 1.90 bits per heavy atom. The molecule has 4 rings (SSSR count). The van der Waals surface area contributed by atoms with Crippen LogP contribution in [0.2, 0.25) is 0 Å². The Morgan fingerprint density at radius 3 is 2.65 bits per heavy atom. The highest BCUT2D eigenvalue weighted by molar-refractivity contribution is 6.04. The van der Waals surface area contributed by atoms with Gasteiger partial charge in [0, 0.05) is 43.0 Å². The zero-order chi connectivity index (χ0) is 22.0. The molecule has 0 radical (unpaired) electrons. The molecule has 2 aliphatic rings. The van der Waals surface area contributed by atoms with Crippen LogP contribution in [0, 0.1) is 5.92 Å². The van der Waals surface area contributed by atoms with Gasteiger partial charge in [-0.2, -0.15) is 0 Å². The van der Waals surface area contributed by atoms with E-state index in [1.54, 1.807) is 9.80 Å². The molecular formula is C25H29N3O3. The van der Waals surface area contributed by atoms with Crippen LogP contribution in [0.1, 0.15) is 51.0 Å². The molecule has 2 aromatic carbocycles. The van der Waals surface area contributed by atoms with E-state index >= 15 is 0 Å². The molecule has 0 saturated carbocycles. The first-order chi connectivity index (χ1) is 15.0. The van der Waals surface area contributed by atoms with Crippen LogP contribution >= 0.6 is 0 Å². The second kappa shape index (κ2) is 8.92. The van der Waals surface area contributed by atoms with Gasteiger partial charge in [0.15, 0.2) is 0 Å². The predicted molar refractivity (Wildman–Crippen MR) is 122 cm³/mol. The van der Waals surface area contributed by atoms with E-state index in [1.807, 2.05) is 42.5 Å². The van der Waals surface area contributed by atoms with Crippen molar-refractivity contribution in [2.24, 2.45) is 5.92 Å². The Balaban J connectivity index is 1.47. The van der Waals surface area contributed by atoms with Crippen molar-refractivity contribution in [2.45, 2.75) is 45.4 Å². The molecule has 1 N–H and O–H groups in total. The lowest BCUT2D eigenvalue weighted by Gasteiger charge is -2.23. The van der Waals surface area contributed by atoms with Gasteiger partial charge in [-0.25, -0.2) is 0 Å². The minimum absolute atomic E-state index is 0.0210. The van der Waals surface area contributed by atoms with Crippen LogP contribution in [-0.4, -0.2) is 30.8 Å². The molecule has 0 spiro atoms. The van der Waals surface area contributed by atoms with Crippen LogP contribution in [-0.2, 0) is 14.4 Å². The topological polar surface area (TPSA) is 69.7 Å². The van der Waals surface area contributed by atoms with Gasteiger partial charge in [-0.3, -0.25) is 14.4 Å². The molecule has 2 aliphatic heterocycles. The molecule has 2 aromatic rings. The van der Waals surface area contributed by atoms with Crippen LogP contribution in [0.25, 0.3) is 0 Å². The minimum Gasteiger partial charge on any atom is -0.326 e. The van der Waals surface area contributed by atoms with Gasteiger partial charge >= 0.3 is 0 Å². The molecule has 2 unspecified atom stereocenters. The Labute approximate surface area is 183 Å². The van der Waals surface area contributed by atoms with Crippen LogP contribution in [0.3, 0.4) is 0 Å². The normalized spacial score (nSPS) is 19.7. The molecule has 162 valence electrons. The lowest BCUT2D eigenvalue weighted by atomic mass is 9.96. The summed E-state index contributed by atoms with van der Waals surface area (Å²) in [6.45, 7) is 5.37. The standard InChI is InChI=1S/C25H29N3O3/c1-3-17(2)21-10-4-5-11-22(21)28-16-18(14-24(28)30)25(31)26-19-8-6-9-20(15-19)27-13-7-12-23(27)29/h4-6,8-11,15,17-18H,3,7,12-14,16H2,1-2H3,(H,26,31). The Hall–Kier alpha value is -3.15. The van der Waals surface area contributed by atoms with E-state index in [1.165, 1.54) is 0 Å². The highest BCUT2D eigenvalue weighted by atomic mass is 16.2. The zero-order valence-electron chi connectivity index (χ0n) is 18.1. The second-order valence-corrected chi connectivity index (χ2v) is 8.46. The molecule has 2 heterocycles. The maximum atomic E-state index is 12.9. The van der Waals surface area contributed by atoms with Crippen molar-refractivity contribution in [3.8, 4) is 0 Å². The van der Waals surface area contributed by atoms with Gasteiger partial charge in [0.05, 0.1) is 5.92 Å². The third-order valence-electron chi connectivity index (χ3n) is 6.37. The fraction of sp³-hybridized carbons (Fsp3) is 0.400. The van der Waals surface area contributed by atoms with E-state index in [-0.39, 0.29) is 24.1 Å². The van der Waals surface area contributed by atoms with Crippen molar-refractivity contribution in [2.75, 3.05) is 28.2 Å². The number of benzene rings is 2. The molecule has 31 heavy (non-hydrogen) atoms. The lowest BCUT2D eigenvalue weighted by molar-refractivity contribution is -0.122. The molecule has 3 amide bonds. The summed E-state index contributed by atoms with van der Waals surface area (Å²) in [5.74, 6) is -0.142. The van der Waals surface area contributed by atoms with E-state index in [2.05, 4.69) is 25.2 Å². The molecule has 0 aromatic heterocycles. The minimum atomic E-state index is -0.408. The highest BCUT2D eigenvalue weighted by Gasteiger charge is 2.36. The summed E-state index contributed by atoms with van der Waals surface area (Å²) in [6, 6.07) is 15.3. The van der Waals surface area contributed by atoms with Crippen molar-refractivity contribution < 1.29 is 14.4 Å². The smallest absolute Gasteiger partial charge is 0.229 e. The number of rotatable bonds is 6. The summed E-state index contributed by atoms with van der Waals surface area (Å²) < 4.78 is 0. The number of nitrogens with one attached hydrogen (secondary N) is 1. The summed E-state index contributed by atoms with van der Waals surface area (Å²) in [7, 11) is 0. The van der Waals surface area contributed by atoms with Gasteiger partial charge in [-0.1, -0.05) is 38.1 Å².